The van der Waals surface area contributed by atoms with E-state index in [1.54, 1.807) is 4.90 Å². The number of halogens is 3. The van der Waals surface area contributed by atoms with Crippen molar-refractivity contribution in [2.75, 3.05) is 26.2 Å². The van der Waals surface area contributed by atoms with E-state index in [0.29, 0.717) is 6.54 Å². The van der Waals surface area contributed by atoms with E-state index in [1.807, 2.05) is 5.32 Å². The predicted molar refractivity (Wildman–Crippen MR) is 55.4 cm³/mol. The average Bonchev–Trinajstić information content (AvgIpc) is 2.11. The summed E-state index contributed by atoms with van der Waals surface area (Å²) in [5, 5.41) is 10.7. The largest absolute Gasteiger partial charge is 0.405 e. The van der Waals surface area contributed by atoms with Gasteiger partial charge < -0.3 is 10.4 Å². The maximum atomic E-state index is 11.9. The number of aliphatic hydroxyl groups is 1. The van der Waals surface area contributed by atoms with Gasteiger partial charge in [-0.2, -0.15) is 13.2 Å². The van der Waals surface area contributed by atoms with Crippen molar-refractivity contribution in [3.05, 3.63) is 0 Å². The minimum atomic E-state index is -4.38. The molecular formula is C10H17F3N2O2. The second-order valence-electron chi connectivity index (χ2n) is 4.17. The zero-order valence-electron chi connectivity index (χ0n) is 9.46. The fourth-order valence-corrected chi connectivity index (χ4v) is 1.71. The van der Waals surface area contributed by atoms with Gasteiger partial charge in [0.05, 0.1) is 13.2 Å². The number of carbonyl (C=O) groups is 1. The molecular weight excluding hydrogens is 237 g/mol. The van der Waals surface area contributed by atoms with Crippen LogP contribution >= 0.6 is 0 Å². The summed E-state index contributed by atoms with van der Waals surface area (Å²) >= 11 is 0. The van der Waals surface area contributed by atoms with Crippen LogP contribution in [0.5, 0.6) is 0 Å². The highest BCUT2D eigenvalue weighted by atomic mass is 19.4. The van der Waals surface area contributed by atoms with Crippen molar-refractivity contribution in [3.8, 4) is 0 Å². The van der Waals surface area contributed by atoms with Crippen LogP contribution in [-0.2, 0) is 4.79 Å². The number of carbonyl (C=O) groups excluding carboxylic acids is 1. The van der Waals surface area contributed by atoms with Crippen LogP contribution in [0.4, 0.5) is 13.2 Å². The van der Waals surface area contributed by atoms with Gasteiger partial charge in [-0.1, -0.05) is 6.42 Å². The molecule has 100 valence electrons. The van der Waals surface area contributed by atoms with Gasteiger partial charge in [-0.15, -0.1) is 0 Å². The quantitative estimate of drug-likeness (QED) is 0.726. The summed E-state index contributed by atoms with van der Waals surface area (Å²) in [6, 6.07) is 0.221. The molecule has 0 aliphatic heterocycles. The smallest absolute Gasteiger partial charge is 0.395 e. The molecule has 1 rings (SSSR count). The second kappa shape index (κ2) is 6.20. The highest BCUT2D eigenvalue weighted by Gasteiger charge is 2.29. The summed E-state index contributed by atoms with van der Waals surface area (Å²) in [6.07, 6.45) is -1.44. The fourth-order valence-electron chi connectivity index (χ4n) is 1.71. The van der Waals surface area contributed by atoms with Crippen LogP contribution in [0.15, 0.2) is 0 Å². The van der Waals surface area contributed by atoms with Gasteiger partial charge in [-0.3, -0.25) is 9.69 Å². The molecule has 0 spiro atoms. The van der Waals surface area contributed by atoms with Crippen molar-refractivity contribution in [1.82, 2.24) is 10.2 Å². The van der Waals surface area contributed by atoms with Crippen molar-refractivity contribution in [2.24, 2.45) is 0 Å². The first-order chi connectivity index (χ1) is 7.92. The van der Waals surface area contributed by atoms with Crippen LogP contribution in [0.1, 0.15) is 19.3 Å². The summed E-state index contributed by atoms with van der Waals surface area (Å²) in [4.78, 5) is 13.0. The Labute approximate surface area is 97.8 Å². The summed E-state index contributed by atoms with van der Waals surface area (Å²) in [7, 11) is 0. The van der Waals surface area contributed by atoms with Gasteiger partial charge in [0.15, 0.2) is 0 Å². The number of hydrogen-bond acceptors (Lipinski definition) is 3. The molecule has 0 bridgehead atoms. The number of rotatable bonds is 6. The summed E-state index contributed by atoms with van der Waals surface area (Å²) < 4.78 is 35.6. The molecule has 0 unspecified atom stereocenters. The Morgan fingerprint density at radius 3 is 2.47 bits per heavy atom. The zero-order chi connectivity index (χ0) is 12.9. The maximum Gasteiger partial charge on any atom is 0.405 e. The van der Waals surface area contributed by atoms with Crippen LogP contribution in [0.2, 0.25) is 0 Å². The molecule has 1 saturated carbocycles. The Hall–Kier alpha value is -0.820. The number of hydrogen-bond donors (Lipinski definition) is 2. The molecule has 17 heavy (non-hydrogen) atoms. The molecule has 1 amide bonds. The van der Waals surface area contributed by atoms with Gasteiger partial charge in [0.2, 0.25) is 5.91 Å². The predicted octanol–water partition coefficient (Wildman–Crippen LogP) is 0.512. The summed E-state index contributed by atoms with van der Waals surface area (Å²) in [5.41, 5.74) is 0. The fraction of sp³-hybridized carbons (Fsp3) is 0.900. The third-order valence-corrected chi connectivity index (χ3v) is 2.81. The van der Waals surface area contributed by atoms with E-state index in [4.69, 9.17) is 5.11 Å². The number of amides is 1. The molecule has 1 fully saturated rings. The second-order valence-corrected chi connectivity index (χ2v) is 4.17. The Kier molecular flexibility index (Phi) is 5.20. The number of alkyl halides is 3. The first-order valence-electron chi connectivity index (χ1n) is 5.61. The number of aliphatic hydroxyl groups excluding tert-OH is 1. The van der Waals surface area contributed by atoms with Gasteiger partial charge in [0.1, 0.15) is 6.54 Å². The monoisotopic (exact) mass is 254 g/mol. The minimum Gasteiger partial charge on any atom is -0.395 e. The van der Waals surface area contributed by atoms with Crippen LogP contribution in [-0.4, -0.2) is 54.4 Å². The van der Waals surface area contributed by atoms with E-state index in [0.717, 1.165) is 19.3 Å². The third-order valence-electron chi connectivity index (χ3n) is 2.81. The summed E-state index contributed by atoms with van der Waals surface area (Å²) in [5.74, 6) is -0.650. The highest BCUT2D eigenvalue weighted by Crippen LogP contribution is 2.24. The van der Waals surface area contributed by atoms with Crippen molar-refractivity contribution in [3.63, 3.8) is 0 Å². The molecule has 0 saturated heterocycles. The van der Waals surface area contributed by atoms with E-state index in [1.165, 1.54) is 0 Å². The molecule has 1 aliphatic rings. The Balaban J connectivity index is 2.30. The molecule has 4 nitrogen and oxygen atoms in total. The maximum absolute atomic E-state index is 11.9. The van der Waals surface area contributed by atoms with Crippen LogP contribution < -0.4 is 5.32 Å². The van der Waals surface area contributed by atoms with E-state index in [2.05, 4.69) is 0 Å². The Morgan fingerprint density at radius 1 is 1.41 bits per heavy atom. The SMILES string of the molecule is O=C(CN(CCO)C1CCC1)NCC(F)(F)F. The highest BCUT2D eigenvalue weighted by molar-refractivity contribution is 5.78. The zero-order valence-corrected chi connectivity index (χ0v) is 9.46. The van der Waals surface area contributed by atoms with Gasteiger partial charge >= 0.3 is 6.18 Å². The van der Waals surface area contributed by atoms with E-state index in [-0.39, 0.29) is 19.2 Å². The van der Waals surface area contributed by atoms with Crippen LogP contribution in [0, 0.1) is 0 Å². The molecule has 7 heteroatoms. The van der Waals surface area contributed by atoms with Crippen molar-refractivity contribution in [1.29, 1.82) is 0 Å². The lowest BCUT2D eigenvalue weighted by atomic mass is 9.91. The van der Waals surface area contributed by atoms with E-state index in [9.17, 15) is 18.0 Å². The van der Waals surface area contributed by atoms with Gasteiger partial charge in [-0.25, -0.2) is 0 Å². The van der Waals surface area contributed by atoms with Gasteiger partial charge in [0.25, 0.3) is 0 Å². The van der Waals surface area contributed by atoms with E-state index < -0.39 is 18.6 Å². The molecule has 0 aromatic rings. The minimum absolute atomic E-state index is 0.0820. The topological polar surface area (TPSA) is 52.6 Å². The first-order valence-corrected chi connectivity index (χ1v) is 5.61. The van der Waals surface area contributed by atoms with Crippen molar-refractivity contribution < 1.29 is 23.1 Å². The van der Waals surface area contributed by atoms with Gasteiger partial charge in [0, 0.05) is 12.6 Å². The molecule has 0 aromatic carbocycles. The van der Waals surface area contributed by atoms with Gasteiger partial charge in [-0.05, 0) is 12.8 Å². The number of nitrogens with zero attached hydrogens (tertiary/aromatic N) is 1. The molecule has 0 radical (unpaired) electrons. The van der Waals surface area contributed by atoms with Crippen LogP contribution in [0.3, 0.4) is 0 Å². The first kappa shape index (κ1) is 14.2. The normalized spacial score (nSPS) is 17.0. The lowest BCUT2D eigenvalue weighted by Crippen LogP contribution is -2.48. The molecule has 0 heterocycles. The molecule has 2 N–H and O–H groups in total. The van der Waals surface area contributed by atoms with Crippen molar-refractivity contribution >= 4 is 5.91 Å². The standard InChI is InChI=1S/C10H17F3N2O2/c11-10(12,13)7-14-9(17)6-15(4-5-16)8-2-1-3-8/h8,16H,1-7H2,(H,14,17). The lowest BCUT2D eigenvalue weighted by Gasteiger charge is -2.36. The van der Waals surface area contributed by atoms with Crippen LogP contribution in [0.25, 0.3) is 0 Å². The Bertz CT molecular complexity index is 254. The molecule has 0 aromatic heterocycles. The molecule has 0 atom stereocenters. The lowest BCUT2D eigenvalue weighted by molar-refractivity contribution is -0.139. The Morgan fingerprint density at radius 2 is 2.06 bits per heavy atom. The van der Waals surface area contributed by atoms with Crippen molar-refractivity contribution in [2.45, 2.75) is 31.5 Å². The number of nitrogens with one attached hydrogen (secondary N) is 1. The third kappa shape index (κ3) is 5.36. The molecule has 1 aliphatic carbocycles. The van der Waals surface area contributed by atoms with E-state index >= 15 is 0 Å². The summed E-state index contributed by atoms with van der Waals surface area (Å²) in [6.45, 7) is -1.15. The average molecular weight is 254 g/mol.